The van der Waals surface area contributed by atoms with Crippen LogP contribution in [0.15, 0.2) is 85.2 Å². The van der Waals surface area contributed by atoms with Crippen molar-refractivity contribution in [1.82, 2.24) is 9.97 Å². The van der Waals surface area contributed by atoms with E-state index in [0.29, 0.717) is 0 Å². The summed E-state index contributed by atoms with van der Waals surface area (Å²) in [6.45, 7) is 3.94. The van der Waals surface area contributed by atoms with Gasteiger partial charge in [-0.25, -0.2) is 0 Å². The van der Waals surface area contributed by atoms with Crippen molar-refractivity contribution in [3.8, 4) is 23.7 Å². The van der Waals surface area contributed by atoms with Crippen LogP contribution in [0.25, 0.3) is 54.1 Å². The molecule has 0 aliphatic rings. The van der Waals surface area contributed by atoms with Gasteiger partial charge >= 0.3 is 0 Å². The molecule has 0 atom stereocenters. The first-order valence-corrected chi connectivity index (χ1v) is 12.9. The zero-order valence-corrected chi connectivity index (χ0v) is 21.4. The second-order valence-electron chi connectivity index (χ2n) is 9.97. The van der Waals surface area contributed by atoms with Gasteiger partial charge in [-0.05, 0) is 88.0 Å². The van der Waals surface area contributed by atoms with Gasteiger partial charge in [0.2, 0.25) is 0 Å². The third-order valence-electron chi connectivity index (χ3n) is 7.27. The first kappa shape index (κ1) is 22.3. The highest BCUT2D eigenvalue weighted by Gasteiger charge is 2.10. The lowest BCUT2D eigenvalue weighted by Crippen LogP contribution is -1.90. The van der Waals surface area contributed by atoms with Crippen LogP contribution in [0.4, 0.5) is 0 Å². The van der Waals surface area contributed by atoms with E-state index in [4.69, 9.17) is 4.98 Å². The van der Waals surface area contributed by atoms with Crippen LogP contribution in [0.3, 0.4) is 0 Å². The van der Waals surface area contributed by atoms with E-state index in [-0.39, 0.29) is 0 Å². The largest absolute Gasteiger partial charge is 0.254 e. The van der Waals surface area contributed by atoms with Crippen LogP contribution in [-0.4, -0.2) is 9.97 Å². The minimum absolute atomic E-state index is 0.795. The van der Waals surface area contributed by atoms with Gasteiger partial charge in [0.25, 0.3) is 0 Å². The monoisotopic (exact) mass is 484 g/mol. The normalized spacial score (nSPS) is 11.2. The maximum absolute atomic E-state index is 4.70. The Bertz CT molecular complexity index is 2100. The molecule has 38 heavy (non-hydrogen) atoms. The molecule has 7 aromatic rings. The Labute approximate surface area is 221 Å². The van der Waals surface area contributed by atoms with Gasteiger partial charge < -0.3 is 0 Å². The molecule has 0 bridgehead atoms. The standard InChI is InChI=1S/C36H24N2/c1-3-6-24-16-27-9-11-29-18-25(19-30-12-10-28(17-24)33(27)34(29)30)7-4-5-8-26-20-32-14-13-31-15-23(2)21-37-35(31)36(32)38-22-26/h9-22H,4,7H2,1-2H3. The van der Waals surface area contributed by atoms with E-state index in [2.05, 4.69) is 108 Å². The van der Waals surface area contributed by atoms with Crippen molar-refractivity contribution in [3.63, 3.8) is 0 Å². The van der Waals surface area contributed by atoms with Crippen molar-refractivity contribution < 1.29 is 0 Å². The molecule has 0 aliphatic heterocycles. The molecule has 178 valence electrons. The van der Waals surface area contributed by atoms with E-state index in [0.717, 1.165) is 51.3 Å². The smallest absolute Gasteiger partial charge is 0.0965 e. The molecule has 0 aliphatic carbocycles. The maximum atomic E-state index is 4.70. The van der Waals surface area contributed by atoms with Crippen molar-refractivity contribution in [1.29, 1.82) is 0 Å². The molecule has 0 fully saturated rings. The van der Waals surface area contributed by atoms with Gasteiger partial charge in [-0.15, -0.1) is 5.92 Å². The van der Waals surface area contributed by atoms with Gasteiger partial charge in [-0.1, -0.05) is 66.3 Å². The summed E-state index contributed by atoms with van der Waals surface area (Å²) in [6.07, 6.45) is 5.47. The molecule has 2 heteroatoms. The minimum Gasteiger partial charge on any atom is -0.254 e. The van der Waals surface area contributed by atoms with Crippen molar-refractivity contribution in [2.75, 3.05) is 0 Å². The van der Waals surface area contributed by atoms with Crippen LogP contribution in [0, 0.1) is 30.6 Å². The molecule has 5 aromatic carbocycles. The van der Waals surface area contributed by atoms with E-state index in [9.17, 15) is 0 Å². The van der Waals surface area contributed by atoms with E-state index in [1.165, 1.54) is 37.9 Å². The maximum Gasteiger partial charge on any atom is 0.0965 e. The highest BCUT2D eigenvalue weighted by molar-refractivity contribution is 6.23. The van der Waals surface area contributed by atoms with Crippen LogP contribution in [0.5, 0.6) is 0 Å². The topological polar surface area (TPSA) is 25.8 Å². The summed E-state index contributed by atoms with van der Waals surface area (Å²) in [4.78, 5) is 9.30. The molecule has 2 aromatic heterocycles. The number of nitrogens with zero attached hydrogens (tertiary/aromatic N) is 2. The first-order chi connectivity index (χ1) is 18.7. The van der Waals surface area contributed by atoms with Crippen molar-refractivity contribution in [3.05, 3.63) is 107 Å². The highest BCUT2D eigenvalue weighted by atomic mass is 14.7. The van der Waals surface area contributed by atoms with Gasteiger partial charge in [0.1, 0.15) is 0 Å². The molecule has 2 heterocycles. The van der Waals surface area contributed by atoms with Crippen LogP contribution in [0.1, 0.15) is 35.6 Å². The number of hydrogen-bond donors (Lipinski definition) is 0. The molecule has 0 saturated heterocycles. The Morgan fingerprint density at radius 1 is 0.605 bits per heavy atom. The molecule has 7 rings (SSSR count). The number of benzene rings is 5. The average Bonchev–Trinajstić information content (AvgIpc) is 2.93. The van der Waals surface area contributed by atoms with Crippen molar-refractivity contribution in [2.45, 2.75) is 26.7 Å². The predicted molar refractivity (Wildman–Crippen MR) is 160 cm³/mol. The first-order valence-electron chi connectivity index (χ1n) is 12.9. The number of hydrogen-bond acceptors (Lipinski definition) is 2. The van der Waals surface area contributed by atoms with Crippen molar-refractivity contribution in [2.24, 2.45) is 0 Å². The summed E-state index contributed by atoms with van der Waals surface area (Å²) < 4.78 is 0. The molecule has 0 unspecified atom stereocenters. The fraction of sp³-hybridized carbons (Fsp3) is 0.111. The number of aromatic nitrogens is 2. The molecular formula is C36H24N2. The highest BCUT2D eigenvalue weighted by Crippen LogP contribution is 2.36. The number of pyridine rings is 2. The summed E-state index contributed by atoms with van der Waals surface area (Å²) in [6, 6.07) is 26.4. The van der Waals surface area contributed by atoms with Crippen molar-refractivity contribution >= 4 is 54.1 Å². The number of aryl methyl sites for hydroxylation is 2. The summed E-state index contributed by atoms with van der Waals surface area (Å²) in [7, 11) is 0. The number of rotatable bonds is 2. The van der Waals surface area contributed by atoms with Gasteiger partial charge in [0.05, 0.1) is 11.0 Å². The summed E-state index contributed by atoms with van der Waals surface area (Å²) in [5.74, 6) is 12.9. The quantitative estimate of drug-likeness (QED) is 0.182. The molecule has 0 N–H and O–H groups in total. The SMILES string of the molecule is CC#Cc1cc2ccc3cc(CCC#Cc4cnc5c(ccc6cc(C)cnc65)c4)cc4ccc(c1)c2c34. The zero-order valence-electron chi connectivity index (χ0n) is 21.4. The molecular weight excluding hydrogens is 460 g/mol. The Hall–Kier alpha value is -4.92. The van der Waals surface area contributed by atoms with Gasteiger partial charge in [0, 0.05) is 40.7 Å². The molecule has 0 radical (unpaired) electrons. The lowest BCUT2D eigenvalue weighted by atomic mass is 9.91. The van der Waals surface area contributed by atoms with Crippen LogP contribution in [0.2, 0.25) is 0 Å². The minimum atomic E-state index is 0.795. The van der Waals surface area contributed by atoms with Gasteiger partial charge in [-0.2, -0.15) is 0 Å². The molecule has 2 nitrogen and oxygen atoms in total. The van der Waals surface area contributed by atoms with Gasteiger partial charge in [0.15, 0.2) is 0 Å². The Morgan fingerprint density at radius 2 is 1.16 bits per heavy atom. The molecule has 0 spiro atoms. The number of fused-ring (bicyclic) bond motifs is 3. The van der Waals surface area contributed by atoms with E-state index in [1.807, 2.05) is 19.3 Å². The fourth-order valence-electron chi connectivity index (χ4n) is 5.61. The third kappa shape index (κ3) is 3.80. The Morgan fingerprint density at radius 3 is 1.82 bits per heavy atom. The molecule has 0 amide bonds. The van der Waals surface area contributed by atoms with Gasteiger partial charge in [-0.3, -0.25) is 9.97 Å². The summed E-state index contributed by atoms with van der Waals surface area (Å²) in [5, 5.41) is 9.93. The summed E-state index contributed by atoms with van der Waals surface area (Å²) in [5.41, 5.74) is 6.34. The zero-order chi connectivity index (χ0) is 25.6. The average molecular weight is 485 g/mol. The van der Waals surface area contributed by atoms with Crippen LogP contribution in [-0.2, 0) is 6.42 Å². The van der Waals surface area contributed by atoms with E-state index in [1.54, 1.807) is 0 Å². The Balaban J connectivity index is 1.16. The predicted octanol–water partition coefficient (Wildman–Crippen LogP) is 8.34. The molecule has 0 saturated carbocycles. The lowest BCUT2D eigenvalue weighted by molar-refractivity contribution is 1.03. The second kappa shape index (κ2) is 8.88. The second-order valence-corrected chi connectivity index (χ2v) is 9.97. The third-order valence-corrected chi connectivity index (χ3v) is 7.27. The Kier molecular flexibility index (Phi) is 5.21. The van der Waals surface area contributed by atoms with E-state index >= 15 is 0 Å². The fourth-order valence-corrected chi connectivity index (χ4v) is 5.61. The van der Waals surface area contributed by atoms with Crippen LogP contribution < -0.4 is 0 Å². The van der Waals surface area contributed by atoms with Crippen LogP contribution >= 0.6 is 0 Å². The van der Waals surface area contributed by atoms with E-state index < -0.39 is 0 Å². The lowest BCUT2D eigenvalue weighted by Gasteiger charge is -2.13. The summed E-state index contributed by atoms with van der Waals surface area (Å²) >= 11 is 0.